The maximum absolute atomic E-state index is 12.2. The number of hydrogen-bond acceptors (Lipinski definition) is 5. The molecule has 7 heteroatoms. The third-order valence-corrected chi connectivity index (χ3v) is 5.96. The molecule has 0 saturated carbocycles. The summed E-state index contributed by atoms with van der Waals surface area (Å²) in [4.78, 5) is 22.0. The van der Waals surface area contributed by atoms with Crippen molar-refractivity contribution in [2.24, 2.45) is 5.16 Å². The summed E-state index contributed by atoms with van der Waals surface area (Å²) < 4.78 is 0. The second kappa shape index (κ2) is 9.96. The third kappa shape index (κ3) is 5.64. The zero-order valence-electron chi connectivity index (χ0n) is 16.2. The average Bonchev–Trinajstić information content (AvgIpc) is 2.78. The van der Waals surface area contributed by atoms with E-state index in [1.165, 1.54) is 12.3 Å². The predicted molar refractivity (Wildman–Crippen MR) is 127 cm³/mol. The van der Waals surface area contributed by atoms with Crippen molar-refractivity contribution in [3.8, 4) is 0 Å². The number of para-hydroxylation sites is 1. The van der Waals surface area contributed by atoms with Crippen molar-refractivity contribution in [1.82, 2.24) is 4.98 Å². The van der Waals surface area contributed by atoms with Crippen molar-refractivity contribution >= 4 is 58.1 Å². The monoisotopic (exact) mass is 466 g/mol. The van der Waals surface area contributed by atoms with Gasteiger partial charge < -0.3 is 4.84 Å². The molecule has 0 fully saturated rings. The molecular weight excluding hydrogens is 451 g/mol. The van der Waals surface area contributed by atoms with Crippen LogP contribution in [0.2, 0.25) is 10.0 Å². The van der Waals surface area contributed by atoms with Gasteiger partial charge in [-0.15, -0.1) is 11.8 Å². The molecule has 154 valence electrons. The summed E-state index contributed by atoms with van der Waals surface area (Å²) in [5.41, 5.74) is 3.10. The van der Waals surface area contributed by atoms with E-state index < -0.39 is 5.97 Å². The molecule has 0 N–H and O–H groups in total. The number of aromatic nitrogens is 1. The van der Waals surface area contributed by atoms with E-state index in [9.17, 15) is 4.79 Å². The zero-order valence-corrected chi connectivity index (χ0v) is 18.5. The number of thioether (sulfide) groups is 1. The zero-order chi connectivity index (χ0) is 21.6. The highest BCUT2D eigenvalue weighted by Crippen LogP contribution is 2.27. The Hall–Kier alpha value is -2.86. The number of carbonyl (C=O) groups excluding carboxylic acids is 1. The van der Waals surface area contributed by atoms with Gasteiger partial charge in [0, 0.05) is 26.7 Å². The van der Waals surface area contributed by atoms with Gasteiger partial charge in [-0.2, -0.15) is 0 Å². The number of benzene rings is 3. The fraction of sp³-hybridized carbons (Fsp3) is 0.0417. The van der Waals surface area contributed by atoms with Crippen LogP contribution in [0, 0.1) is 0 Å². The Morgan fingerprint density at radius 3 is 2.58 bits per heavy atom. The number of fused-ring (bicyclic) bond motifs is 1. The molecule has 0 saturated heterocycles. The molecule has 0 aliphatic heterocycles. The van der Waals surface area contributed by atoms with E-state index in [2.05, 4.69) is 5.16 Å². The van der Waals surface area contributed by atoms with Crippen molar-refractivity contribution in [2.75, 3.05) is 0 Å². The molecule has 0 aliphatic rings. The van der Waals surface area contributed by atoms with Gasteiger partial charge in [0.15, 0.2) is 0 Å². The first-order valence-electron chi connectivity index (χ1n) is 9.36. The van der Waals surface area contributed by atoms with Crippen LogP contribution >= 0.6 is 35.0 Å². The number of oxime groups is 1. The Labute approximate surface area is 193 Å². The van der Waals surface area contributed by atoms with E-state index >= 15 is 0 Å². The molecule has 4 aromatic rings. The lowest BCUT2D eigenvalue weighted by Gasteiger charge is -2.08. The highest BCUT2D eigenvalue weighted by molar-refractivity contribution is 7.98. The third-order valence-electron chi connectivity index (χ3n) is 4.39. The first kappa shape index (κ1) is 21.4. The summed E-state index contributed by atoms with van der Waals surface area (Å²) in [6.45, 7) is 0. The average molecular weight is 467 g/mol. The van der Waals surface area contributed by atoms with Crippen LogP contribution in [-0.4, -0.2) is 17.2 Å². The quantitative estimate of drug-likeness (QED) is 0.132. The molecular formula is C24H16Cl2N2O2S. The lowest BCUT2D eigenvalue weighted by atomic mass is 10.2. The number of nitrogens with zero attached hydrogens (tertiary/aromatic N) is 2. The van der Waals surface area contributed by atoms with Crippen LogP contribution in [0.1, 0.15) is 21.5 Å². The Kier molecular flexibility index (Phi) is 6.87. The van der Waals surface area contributed by atoms with Crippen LogP contribution in [0.25, 0.3) is 10.9 Å². The summed E-state index contributed by atoms with van der Waals surface area (Å²) in [6.07, 6.45) is 1.51. The molecule has 3 aromatic carbocycles. The van der Waals surface area contributed by atoms with E-state index in [4.69, 9.17) is 33.0 Å². The Bertz CT molecular complexity index is 1260. The van der Waals surface area contributed by atoms with Gasteiger partial charge in [-0.25, -0.2) is 9.78 Å². The molecule has 0 spiro atoms. The van der Waals surface area contributed by atoms with Gasteiger partial charge in [-0.05, 0) is 48.0 Å². The van der Waals surface area contributed by atoms with Gasteiger partial charge in [0.05, 0.1) is 17.3 Å². The molecule has 0 aliphatic carbocycles. The summed E-state index contributed by atoms with van der Waals surface area (Å²) in [7, 11) is 0. The van der Waals surface area contributed by atoms with E-state index in [-0.39, 0.29) is 0 Å². The SMILES string of the molecule is O=C(O/N=C\c1cc2ccccc2nc1SCc1ccc(Cl)cc1)c1cccc(Cl)c1. The van der Waals surface area contributed by atoms with Gasteiger partial charge in [0.2, 0.25) is 0 Å². The maximum Gasteiger partial charge on any atom is 0.365 e. The van der Waals surface area contributed by atoms with Crippen LogP contribution < -0.4 is 0 Å². The number of halogens is 2. The predicted octanol–water partition coefficient (Wildman–Crippen LogP) is 7.02. The van der Waals surface area contributed by atoms with Crippen LogP contribution in [0.4, 0.5) is 0 Å². The molecule has 0 amide bonds. The van der Waals surface area contributed by atoms with Gasteiger partial charge in [0.25, 0.3) is 0 Å². The van der Waals surface area contributed by atoms with Crippen molar-refractivity contribution < 1.29 is 9.63 Å². The topological polar surface area (TPSA) is 51.5 Å². The van der Waals surface area contributed by atoms with Crippen LogP contribution in [0.3, 0.4) is 0 Å². The Morgan fingerprint density at radius 2 is 1.77 bits per heavy atom. The molecule has 0 radical (unpaired) electrons. The number of carbonyl (C=O) groups is 1. The van der Waals surface area contributed by atoms with Gasteiger partial charge in [-0.1, -0.05) is 64.8 Å². The lowest BCUT2D eigenvalue weighted by Crippen LogP contribution is -2.01. The summed E-state index contributed by atoms with van der Waals surface area (Å²) in [6, 6.07) is 24.0. The van der Waals surface area contributed by atoms with Crippen molar-refractivity contribution in [1.29, 1.82) is 0 Å². The summed E-state index contributed by atoms with van der Waals surface area (Å²) in [5, 5.41) is 6.81. The van der Waals surface area contributed by atoms with E-state index in [1.54, 1.807) is 30.0 Å². The first-order chi connectivity index (χ1) is 15.1. The fourth-order valence-corrected chi connectivity index (χ4v) is 4.11. The summed E-state index contributed by atoms with van der Waals surface area (Å²) in [5.74, 6) is 0.133. The molecule has 1 aromatic heterocycles. The first-order valence-corrected chi connectivity index (χ1v) is 11.1. The molecule has 31 heavy (non-hydrogen) atoms. The van der Waals surface area contributed by atoms with Gasteiger partial charge >= 0.3 is 5.97 Å². The maximum atomic E-state index is 12.2. The molecule has 0 atom stereocenters. The normalized spacial score (nSPS) is 11.2. The molecule has 0 unspecified atom stereocenters. The van der Waals surface area contributed by atoms with E-state index in [0.717, 1.165) is 27.1 Å². The number of rotatable bonds is 6. The minimum atomic E-state index is -0.581. The minimum Gasteiger partial charge on any atom is -0.313 e. The van der Waals surface area contributed by atoms with E-state index in [1.807, 2.05) is 54.6 Å². The van der Waals surface area contributed by atoms with Crippen LogP contribution in [0.15, 0.2) is 89.0 Å². The molecule has 4 rings (SSSR count). The van der Waals surface area contributed by atoms with E-state index in [0.29, 0.717) is 21.4 Å². The summed E-state index contributed by atoms with van der Waals surface area (Å²) >= 11 is 13.5. The highest BCUT2D eigenvalue weighted by Gasteiger charge is 2.09. The smallest absolute Gasteiger partial charge is 0.313 e. The Balaban J connectivity index is 1.55. The minimum absolute atomic E-state index is 0.332. The van der Waals surface area contributed by atoms with Crippen LogP contribution in [-0.2, 0) is 10.6 Å². The number of hydrogen-bond donors (Lipinski definition) is 0. The highest BCUT2D eigenvalue weighted by atomic mass is 35.5. The van der Waals surface area contributed by atoms with Crippen LogP contribution in [0.5, 0.6) is 0 Å². The Morgan fingerprint density at radius 1 is 0.968 bits per heavy atom. The molecule has 0 bridgehead atoms. The van der Waals surface area contributed by atoms with Crippen molar-refractivity contribution in [3.05, 3.63) is 106 Å². The number of pyridine rings is 1. The fourth-order valence-electron chi connectivity index (χ4n) is 2.85. The largest absolute Gasteiger partial charge is 0.365 e. The van der Waals surface area contributed by atoms with Gasteiger partial charge in [-0.3, -0.25) is 0 Å². The second-order valence-electron chi connectivity index (χ2n) is 6.61. The van der Waals surface area contributed by atoms with Crippen molar-refractivity contribution in [3.63, 3.8) is 0 Å². The lowest BCUT2D eigenvalue weighted by molar-refractivity contribution is 0.0519. The molecule has 1 heterocycles. The standard InChI is InChI=1S/C24H16Cl2N2O2S/c25-20-10-8-16(9-11-20)15-31-23-19(12-17-4-1-2-7-22(17)28-23)14-27-30-24(29)18-5-3-6-21(26)13-18/h1-14H,15H2/b27-14-. The molecule has 4 nitrogen and oxygen atoms in total. The van der Waals surface area contributed by atoms with Gasteiger partial charge in [0.1, 0.15) is 5.03 Å². The second-order valence-corrected chi connectivity index (χ2v) is 8.45. The van der Waals surface area contributed by atoms with Crippen molar-refractivity contribution in [2.45, 2.75) is 10.8 Å².